The van der Waals surface area contributed by atoms with Gasteiger partial charge >= 0.3 is 0 Å². The highest BCUT2D eigenvalue weighted by Crippen LogP contribution is 2.32. The third-order valence-electron chi connectivity index (χ3n) is 4.47. The van der Waals surface area contributed by atoms with E-state index >= 15 is 0 Å². The van der Waals surface area contributed by atoms with Crippen molar-refractivity contribution >= 4 is 16.9 Å². The Labute approximate surface area is 134 Å². The average molecular weight is 306 g/mol. The minimum atomic E-state index is -0.108. The summed E-state index contributed by atoms with van der Waals surface area (Å²) in [6.07, 6.45) is 7.55. The minimum Gasteiger partial charge on any atom is -0.317 e. The predicted molar refractivity (Wildman–Crippen MR) is 88.5 cm³/mol. The zero-order valence-corrected chi connectivity index (χ0v) is 12.8. The van der Waals surface area contributed by atoms with E-state index in [-0.39, 0.29) is 5.91 Å². The van der Waals surface area contributed by atoms with Gasteiger partial charge in [-0.3, -0.25) is 19.3 Å². The van der Waals surface area contributed by atoms with Crippen LogP contribution in [0.2, 0.25) is 0 Å². The molecule has 0 spiro atoms. The van der Waals surface area contributed by atoms with Crippen molar-refractivity contribution in [2.45, 2.75) is 18.8 Å². The van der Waals surface area contributed by atoms with Crippen LogP contribution in [0.4, 0.5) is 0 Å². The topological polar surface area (TPSA) is 59.8 Å². The number of rotatable bonds is 2. The van der Waals surface area contributed by atoms with Crippen LogP contribution in [0, 0.1) is 0 Å². The molecule has 0 radical (unpaired) electrons. The van der Waals surface area contributed by atoms with E-state index in [1.54, 1.807) is 23.0 Å². The van der Waals surface area contributed by atoms with Crippen LogP contribution >= 0.6 is 0 Å². The van der Waals surface area contributed by atoms with Crippen LogP contribution in [-0.2, 0) is 0 Å². The number of nitrogens with one attached hydrogen (secondary N) is 1. The Hall–Kier alpha value is -2.53. The van der Waals surface area contributed by atoms with Gasteiger partial charge in [-0.05, 0) is 61.7 Å². The summed E-state index contributed by atoms with van der Waals surface area (Å²) in [5.41, 5.74) is 3.41. The Kier molecular flexibility index (Phi) is 3.63. The van der Waals surface area contributed by atoms with Crippen molar-refractivity contribution in [1.82, 2.24) is 19.9 Å². The number of hydrogen-bond acceptors (Lipinski definition) is 4. The van der Waals surface area contributed by atoms with Crippen LogP contribution in [0.3, 0.4) is 0 Å². The van der Waals surface area contributed by atoms with E-state index in [1.807, 2.05) is 30.5 Å². The van der Waals surface area contributed by atoms with Crippen molar-refractivity contribution in [2.24, 2.45) is 0 Å². The number of pyridine rings is 2. The van der Waals surface area contributed by atoms with Crippen molar-refractivity contribution in [3.63, 3.8) is 0 Å². The van der Waals surface area contributed by atoms with Crippen molar-refractivity contribution in [3.05, 3.63) is 60.2 Å². The summed E-state index contributed by atoms with van der Waals surface area (Å²) in [5, 5.41) is 3.38. The van der Waals surface area contributed by atoms with Crippen molar-refractivity contribution in [2.75, 3.05) is 13.1 Å². The van der Waals surface area contributed by atoms with Crippen LogP contribution in [0.5, 0.6) is 0 Å². The number of carbonyl (C=O) groups is 1. The molecule has 0 amide bonds. The first-order valence-corrected chi connectivity index (χ1v) is 7.97. The number of fused-ring (bicyclic) bond motifs is 1. The maximum absolute atomic E-state index is 12.8. The van der Waals surface area contributed by atoms with Gasteiger partial charge in [-0.15, -0.1) is 0 Å². The second-order valence-electron chi connectivity index (χ2n) is 5.87. The van der Waals surface area contributed by atoms with Gasteiger partial charge < -0.3 is 5.32 Å². The molecular formula is C18H18N4O. The number of hydrogen-bond donors (Lipinski definition) is 1. The van der Waals surface area contributed by atoms with E-state index in [2.05, 4.69) is 15.3 Å². The van der Waals surface area contributed by atoms with Gasteiger partial charge in [0.15, 0.2) is 0 Å². The molecule has 5 nitrogen and oxygen atoms in total. The molecule has 3 aromatic rings. The van der Waals surface area contributed by atoms with Crippen LogP contribution in [-0.4, -0.2) is 33.5 Å². The highest BCUT2D eigenvalue weighted by molar-refractivity contribution is 6.01. The van der Waals surface area contributed by atoms with Gasteiger partial charge in [0.2, 0.25) is 0 Å². The number of piperidine rings is 1. The second-order valence-corrected chi connectivity index (χ2v) is 5.87. The minimum absolute atomic E-state index is 0.108. The van der Waals surface area contributed by atoms with Crippen molar-refractivity contribution < 1.29 is 4.79 Å². The van der Waals surface area contributed by atoms with Gasteiger partial charge in [0, 0.05) is 18.6 Å². The molecule has 1 fully saturated rings. The lowest BCUT2D eigenvalue weighted by Crippen LogP contribution is -2.26. The summed E-state index contributed by atoms with van der Waals surface area (Å²) in [6, 6.07) is 9.21. The molecule has 4 rings (SSSR count). The van der Waals surface area contributed by atoms with Crippen LogP contribution in [0.25, 0.3) is 11.0 Å². The second kappa shape index (κ2) is 5.93. The zero-order chi connectivity index (χ0) is 15.6. The fraction of sp³-hybridized carbons (Fsp3) is 0.278. The largest absolute Gasteiger partial charge is 0.317 e. The molecule has 0 saturated carbocycles. The molecule has 1 aliphatic heterocycles. The molecule has 0 aliphatic carbocycles. The average Bonchev–Trinajstić information content (AvgIpc) is 3.02. The zero-order valence-electron chi connectivity index (χ0n) is 12.8. The number of carbonyl (C=O) groups excluding carboxylic acids is 1. The fourth-order valence-corrected chi connectivity index (χ4v) is 3.30. The molecule has 0 bridgehead atoms. The third kappa shape index (κ3) is 2.53. The van der Waals surface area contributed by atoms with Crippen molar-refractivity contribution in [3.8, 4) is 0 Å². The van der Waals surface area contributed by atoms with Crippen molar-refractivity contribution in [1.29, 1.82) is 0 Å². The molecule has 1 saturated heterocycles. The van der Waals surface area contributed by atoms with E-state index in [0.29, 0.717) is 11.6 Å². The Morgan fingerprint density at radius 3 is 2.70 bits per heavy atom. The molecule has 116 valence electrons. The fourth-order valence-electron chi connectivity index (χ4n) is 3.30. The Balaban J connectivity index is 1.82. The Bertz CT molecular complexity index is 835. The summed E-state index contributed by atoms with van der Waals surface area (Å²) >= 11 is 0. The number of nitrogens with zero attached hydrogens (tertiary/aromatic N) is 3. The molecule has 5 heteroatoms. The van der Waals surface area contributed by atoms with Gasteiger partial charge in [0.05, 0.1) is 11.0 Å². The van der Waals surface area contributed by atoms with Gasteiger partial charge in [0.1, 0.15) is 5.69 Å². The molecule has 4 heterocycles. The van der Waals surface area contributed by atoms with Crippen LogP contribution in [0.1, 0.15) is 34.8 Å². The lowest BCUT2D eigenvalue weighted by molar-refractivity contribution is 0.0960. The maximum atomic E-state index is 12.8. The van der Waals surface area contributed by atoms with Crippen LogP contribution in [0.15, 0.2) is 48.9 Å². The predicted octanol–water partition coefficient (Wildman–Crippen LogP) is 2.59. The summed E-state index contributed by atoms with van der Waals surface area (Å²) in [4.78, 5) is 21.5. The van der Waals surface area contributed by atoms with Gasteiger partial charge in [-0.1, -0.05) is 6.07 Å². The van der Waals surface area contributed by atoms with Gasteiger partial charge in [0.25, 0.3) is 5.91 Å². The molecule has 1 aliphatic rings. The Morgan fingerprint density at radius 2 is 1.91 bits per heavy atom. The molecular weight excluding hydrogens is 288 g/mol. The van der Waals surface area contributed by atoms with Gasteiger partial charge in [-0.25, -0.2) is 0 Å². The maximum Gasteiger partial charge on any atom is 0.281 e. The van der Waals surface area contributed by atoms with E-state index in [1.165, 1.54) is 5.56 Å². The lowest BCUT2D eigenvalue weighted by atomic mass is 9.91. The summed E-state index contributed by atoms with van der Waals surface area (Å²) in [6.45, 7) is 2.02. The van der Waals surface area contributed by atoms with E-state index in [0.717, 1.165) is 37.0 Å². The Morgan fingerprint density at radius 1 is 1.09 bits per heavy atom. The van der Waals surface area contributed by atoms with Crippen LogP contribution < -0.4 is 5.32 Å². The first kappa shape index (κ1) is 14.1. The molecule has 23 heavy (non-hydrogen) atoms. The summed E-state index contributed by atoms with van der Waals surface area (Å²) in [7, 11) is 0. The standard InChI is InChI=1S/C18H18N4O/c23-18(15-4-1-2-8-20-15)22-12-14(13-6-10-19-11-7-13)17-16(22)5-3-9-21-17/h1-5,8-9,12-13,19H,6-7,10-11H2. The monoisotopic (exact) mass is 306 g/mol. The first-order chi connectivity index (χ1) is 11.3. The molecule has 0 unspecified atom stereocenters. The SMILES string of the molecule is O=C(c1ccccn1)n1cc(C2CCNCC2)c2ncccc21. The highest BCUT2D eigenvalue weighted by Gasteiger charge is 2.23. The van der Waals surface area contributed by atoms with E-state index < -0.39 is 0 Å². The first-order valence-electron chi connectivity index (χ1n) is 7.97. The number of aromatic nitrogens is 3. The quantitative estimate of drug-likeness (QED) is 0.790. The molecule has 0 atom stereocenters. The summed E-state index contributed by atoms with van der Waals surface area (Å²) in [5.74, 6) is 0.343. The van der Waals surface area contributed by atoms with Gasteiger partial charge in [-0.2, -0.15) is 0 Å². The smallest absolute Gasteiger partial charge is 0.281 e. The highest BCUT2D eigenvalue weighted by atomic mass is 16.2. The molecule has 0 aromatic carbocycles. The lowest BCUT2D eigenvalue weighted by Gasteiger charge is -2.21. The van der Waals surface area contributed by atoms with E-state index in [9.17, 15) is 4.79 Å². The molecule has 1 N–H and O–H groups in total. The summed E-state index contributed by atoms with van der Waals surface area (Å²) < 4.78 is 1.70. The van der Waals surface area contributed by atoms with E-state index in [4.69, 9.17) is 0 Å². The third-order valence-corrected chi connectivity index (χ3v) is 4.47. The molecule has 3 aromatic heterocycles. The normalized spacial score (nSPS) is 15.8.